The summed E-state index contributed by atoms with van der Waals surface area (Å²) in [5.74, 6) is -0.209. The van der Waals surface area contributed by atoms with Crippen LogP contribution in [0, 0.1) is 0 Å². The maximum Gasteiger partial charge on any atom is 0.319 e. The van der Waals surface area contributed by atoms with Crippen LogP contribution in [-0.4, -0.2) is 28.0 Å². The lowest BCUT2D eigenvalue weighted by atomic mass is 10.3. The van der Waals surface area contributed by atoms with Crippen molar-refractivity contribution < 1.29 is 9.53 Å². The van der Waals surface area contributed by atoms with Crippen molar-refractivity contribution in [3.8, 4) is 0 Å². The zero-order chi connectivity index (χ0) is 11.3. The number of carbonyl (C=O) groups is 1. The van der Waals surface area contributed by atoms with Gasteiger partial charge >= 0.3 is 5.97 Å². The third kappa shape index (κ3) is 3.67. The first-order valence-electron chi connectivity index (χ1n) is 4.59. The van der Waals surface area contributed by atoms with Crippen molar-refractivity contribution in [2.45, 2.75) is 29.9 Å². The Morgan fingerprint density at radius 1 is 1.60 bits per heavy atom. The molecule has 0 spiro atoms. The third-order valence-electron chi connectivity index (χ3n) is 1.59. The second kappa shape index (κ2) is 5.92. The quantitative estimate of drug-likeness (QED) is 0.628. The monoisotopic (exact) mass is 247 g/mol. The first kappa shape index (κ1) is 12.3. The lowest BCUT2D eigenvalue weighted by molar-refractivity contribution is -0.142. The molecule has 0 unspecified atom stereocenters. The molecular weight excluding hydrogens is 234 g/mol. The Morgan fingerprint density at radius 2 is 2.33 bits per heavy atom. The van der Waals surface area contributed by atoms with Gasteiger partial charge in [-0.15, -0.1) is 10.2 Å². The van der Waals surface area contributed by atoms with Crippen LogP contribution >= 0.6 is 23.1 Å². The summed E-state index contributed by atoms with van der Waals surface area (Å²) in [7, 11) is 0. The standard InChI is InChI=1S/C8H13N3O2S2/c1-3-5(6(12)13-4-2)14-8-11-10-7(9)15-8/h5H,3-4H2,1-2H3,(H2,9,10)/t5-/m1/s1. The lowest BCUT2D eigenvalue weighted by Gasteiger charge is -2.10. The molecule has 1 atom stereocenters. The molecule has 0 aliphatic carbocycles. The zero-order valence-corrected chi connectivity index (χ0v) is 10.2. The van der Waals surface area contributed by atoms with Crippen LogP contribution < -0.4 is 5.73 Å². The van der Waals surface area contributed by atoms with Gasteiger partial charge in [0.2, 0.25) is 5.13 Å². The van der Waals surface area contributed by atoms with Crippen LogP contribution in [0.4, 0.5) is 5.13 Å². The van der Waals surface area contributed by atoms with Crippen molar-refractivity contribution >= 4 is 34.2 Å². The van der Waals surface area contributed by atoms with Gasteiger partial charge in [-0.3, -0.25) is 4.79 Å². The summed E-state index contributed by atoms with van der Waals surface area (Å²) >= 11 is 2.63. The molecule has 15 heavy (non-hydrogen) atoms. The third-order valence-corrected chi connectivity index (χ3v) is 3.76. The fourth-order valence-electron chi connectivity index (χ4n) is 0.923. The number of thioether (sulfide) groups is 1. The number of nitrogen functional groups attached to an aromatic ring is 1. The van der Waals surface area contributed by atoms with Crippen molar-refractivity contribution in [2.24, 2.45) is 0 Å². The SMILES string of the molecule is CCOC(=O)[C@@H](CC)Sc1nnc(N)s1. The van der Waals surface area contributed by atoms with Gasteiger partial charge < -0.3 is 10.5 Å². The summed E-state index contributed by atoms with van der Waals surface area (Å²) in [6.45, 7) is 4.12. The van der Waals surface area contributed by atoms with E-state index in [-0.39, 0.29) is 11.2 Å². The average molecular weight is 247 g/mol. The van der Waals surface area contributed by atoms with E-state index < -0.39 is 0 Å². The van der Waals surface area contributed by atoms with E-state index in [2.05, 4.69) is 10.2 Å². The molecule has 0 radical (unpaired) electrons. The number of anilines is 1. The Bertz CT molecular complexity index is 329. The van der Waals surface area contributed by atoms with Crippen molar-refractivity contribution in [1.82, 2.24) is 10.2 Å². The minimum atomic E-state index is -0.225. The molecule has 0 aliphatic rings. The van der Waals surface area contributed by atoms with Crippen molar-refractivity contribution in [2.75, 3.05) is 12.3 Å². The number of aromatic nitrogens is 2. The van der Waals surface area contributed by atoms with E-state index in [0.29, 0.717) is 22.5 Å². The summed E-state index contributed by atoms with van der Waals surface area (Å²) in [5, 5.41) is 7.72. The van der Waals surface area contributed by atoms with Crippen molar-refractivity contribution in [3.63, 3.8) is 0 Å². The Kier molecular flexibility index (Phi) is 4.83. The molecule has 0 bridgehead atoms. The zero-order valence-electron chi connectivity index (χ0n) is 8.60. The Morgan fingerprint density at radius 3 is 2.80 bits per heavy atom. The number of carbonyl (C=O) groups excluding carboxylic acids is 1. The second-order valence-electron chi connectivity index (χ2n) is 2.67. The fourth-order valence-corrected chi connectivity index (χ4v) is 2.72. The molecule has 0 saturated carbocycles. The Labute approximate surface area is 96.4 Å². The molecule has 0 amide bonds. The predicted octanol–water partition coefficient (Wildman–Crippen LogP) is 1.55. The maximum absolute atomic E-state index is 11.5. The number of hydrogen-bond donors (Lipinski definition) is 1. The minimum Gasteiger partial charge on any atom is -0.465 e. The Hall–Kier alpha value is -0.820. The highest BCUT2D eigenvalue weighted by Gasteiger charge is 2.20. The topological polar surface area (TPSA) is 78.1 Å². The summed E-state index contributed by atoms with van der Waals surface area (Å²) in [6.07, 6.45) is 0.697. The van der Waals surface area contributed by atoms with Gasteiger partial charge in [-0.2, -0.15) is 0 Å². The van der Waals surface area contributed by atoms with Crippen LogP contribution in [0.2, 0.25) is 0 Å². The number of esters is 1. The molecule has 1 aromatic heterocycles. The average Bonchev–Trinajstić information content (AvgIpc) is 2.61. The summed E-state index contributed by atoms with van der Waals surface area (Å²) in [4.78, 5) is 11.5. The van der Waals surface area contributed by atoms with Crippen LogP contribution in [0.15, 0.2) is 4.34 Å². The first-order chi connectivity index (χ1) is 7.17. The van der Waals surface area contributed by atoms with Gasteiger partial charge in [-0.05, 0) is 13.3 Å². The van der Waals surface area contributed by atoms with Gasteiger partial charge in [0.1, 0.15) is 5.25 Å². The van der Waals surface area contributed by atoms with Gasteiger partial charge in [-0.25, -0.2) is 0 Å². The normalized spacial score (nSPS) is 12.4. The number of hydrogen-bond acceptors (Lipinski definition) is 7. The van der Waals surface area contributed by atoms with E-state index in [4.69, 9.17) is 10.5 Å². The summed E-state index contributed by atoms with van der Waals surface area (Å²) < 4.78 is 5.64. The molecule has 7 heteroatoms. The molecule has 0 aliphatic heterocycles. The molecule has 0 aromatic carbocycles. The van der Waals surface area contributed by atoms with Gasteiger partial charge in [0.25, 0.3) is 0 Å². The number of rotatable bonds is 5. The van der Waals surface area contributed by atoms with E-state index in [1.165, 1.54) is 23.1 Å². The van der Waals surface area contributed by atoms with Gasteiger partial charge in [0.15, 0.2) is 4.34 Å². The highest BCUT2D eigenvalue weighted by Crippen LogP contribution is 2.29. The molecule has 1 heterocycles. The van der Waals surface area contributed by atoms with Crippen molar-refractivity contribution in [1.29, 1.82) is 0 Å². The van der Waals surface area contributed by atoms with Gasteiger partial charge in [-0.1, -0.05) is 30.0 Å². The van der Waals surface area contributed by atoms with Crippen LogP contribution in [-0.2, 0) is 9.53 Å². The first-order valence-corrected chi connectivity index (χ1v) is 6.29. The highest BCUT2D eigenvalue weighted by atomic mass is 32.2. The molecule has 0 fully saturated rings. The van der Waals surface area contributed by atoms with E-state index >= 15 is 0 Å². The van der Waals surface area contributed by atoms with E-state index in [1.54, 1.807) is 6.92 Å². The number of nitrogens with two attached hydrogens (primary N) is 1. The summed E-state index contributed by atoms with van der Waals surface area (Å²) in [5.41, 5.74) is 5.45. The Balaban J connectivity index is 2.57. The minimum absolute atomic E-state index is 0.209. The number of ether oxygens (including phenoxy) is 1. The summed E-state index contributed by atoms with van der Waals surface area (Å²) in [6, 6.07) is 0. The van der Waals surface area contributed by atoms with Gasteiger partial charge in [0, 0.05) is 0 Å². The lowest BCUT2D eigenvalue weighted by Crippen LogP contribution is -2.19. The molecular formula is C8H13N3O2S2. The van der Waals surface area contributed by atoms with Gasteiger partial charge in [0.05, 0.1) is 6.61 Å². The largest absolute Gasteiger partial charge is 0.465 e. The van der Waals surface area contributed by atoms with Crippen LogP contribution in [0.1, 0.15) is 20.3 Å². The van der Waals surface area contributed by atoms with Crippen LogP contribution in [0.25, 0.3) is 0 Å². The fraction of sp³-hybridized carbons (Fsp3) is 0.625. The van der Waals surface area contributed by atoms with Crippen molar-refractivity contribution in [3.05, 3.63) is 0 Å². The molecule has 84 valence electrons. The molecule has 1 aromatic rings. The highest BCUT2D eigenvalue weighted by molar-refractivity contribution is 8.02. The second-order valence-corrected chi connectivity index (χ2v) is 5.13. The molecule has 0 saturated heterocycles. The van der Waals surface area contributed by atoms with Crippen LogP contribution in [0.3, 0.4) is 0 Å². The molecule has 2 N–H and O–H groups in total. The molecule has 5 nitrogen and oxygen atoms in total. The van der Waals surface area contributed by atoms with E-state index in [1.807, 2.05) is 6.92 Å². The smallest absolute Gasteiger partial charge is 0.319 e. The predicted molar refractivity (Wildman–Crippen MR) is 60.9 cm³/mol. The van der Waals surface area contributed by atoms with Crippen LogP contribution in [0.5, 0.6) is 0 Å². The molecule has 1 rings (SSSR count). The number of nitrogens with zero attached hydrogens (tertiary/aromatic N) is 2. The van der Waals surface area contributed by atoms with E-state index in [9.17, 15) is 4.79 Å². The van der Waals surface area contributed by atoms with E-state index in [0.717, 1.165) is 0 Å². The maximum atomic E-state index is 11.5.